The Hall–Kier alpha value is -0.390. The van der Waals surface area contributed by atoms with Crippen LogP contribution in [-0.2, 0) is 14.3 Å². The predicted molar refractivity (Wildman–Crippen MR) is 86.8 cm³/mol. The average molecular weight is 330 g/mol. The average Bonchev–Trinajstić information content (AvgIpc) is 2.43. The van der Waals surface area contributed by atoms with Gasteiger partial charge in [0.15, 0.2) is 0 Å². The molecule has 0 aliphatic carbocycles. The first-order chi connectivity index (χ1) is 9.83. The third-order valence-electron chi connectivity index (χ3n) is 3.57. The molecule has 2 rings (SSSR count). The molecule has 0 unspecified atom stereocenters. The van der Waals surface area contributed by atoms with Crippen molar-refractivity contribution in [2.75, 3.05) is 0 Å². The van der Waals surface area contributed by atoms with Crippen molar-refractivity contribution in [3.05, 3.63) is 42.5 Å². The van der Waals surface area contributed by atoms with Crippen molar-refractivity contribution >= 4 is 20.9 Å². The fourth-order valence-corrected chi connectivity index (χ4v) is 4.14. The monoisotopic (exact) mass is 330 g/mol. The molecule has 22 heavy (non-hydrogen) atoms. The number of benzene rings is 2. The van der Waals surface area contributed by atoms with Crippen LogP contribution in [0.25, 0.3) is 10.8 Å². The Morgan fingerprint density at radius 1 is 0.909 bits per heavy atom. The summed E-state index contributed by atoms with van der Waals surface area (Å²) >= 11 is 0. The molecule has 0 aliphatic heterocycles. The molecule has 0 radical (unpaired) electrons. The molecule has 2 aromatic carbocycles. The minimum Gasteiger partial charge on any atom is -1.00 e. The van der Waals surface area contributed by atoms with E-state index in [1.165, 1.54) is 0 Å². The smallest absolute Gasteiger partial charge is 1.00 e. The number of hydrogen-bond acceptors (Lipinski definition) is 3. The molecular formula is C17H23NaO3S. The van der Waals surface area contributed by atoms with Crippen LogP contribution in [0.4, 0.5) is 0 Å². The summed E-state index contributed by atoms with van der Waals surface area (Å²) in [6, 6.07) is 12.7. The van der Waals surface area contributed by atoms with E-state index in [1.807, 2.05) is 58.0 Å². The van der Waals surface area contributed by atoms with Crippen LogP contribution in [0.15, 0.2) is 47.4 Å². The molecule has 5 heteroatoms. The summed E-state index contributed by atoms with van der Waals surface area (Å²) in [5, 5.41) is 1.60. The summed E-state index contributed by atoms with van der Waals surface area (Å²) in [5.41, 5.74) is 0. The van der Waals surface area contributed by atoms with Crippen LogP contribution in [-0.4, -0.2) is 14.5 Å². The SMILES string of the molecule is CC(C)C(OS(=O)(=O)c1cccc2ccccc12)C(C)C.[H-].[Na+]. The van der Waals surface area contributed by atoms with Gasteiger partial charge in [0.25, 0.3) is 10.1 Å². The Balaban J connectivity index is 0.00000242. The summed E-state index contributed by atoms with van der Waals surface area (Å²) in [5.74, 6) is 0.268. The van der Waals surface area contributed by atoms with E-state index in [2.05, 4.69) is 0 Å². The Morgan fingerprint density at radius 3 is 2.05 bits per heavy atom. The van der Waals surface area contributed by atoms with Gasteiger partial charge in [-0.05, 0) is 23.3 Å². The first-order valence-electron chi connectivity index (χ1n) is 7.24. The van der Waals surface area contributed by atoms with Crippen molar-refractivity contribution < 1.29 is 43.6 Å². The van der Waals surface area contributed by atoms with E-state index in [9.17, 15) is 8.42 Å². The maximum atomic E-state index is 12.6. The number of fused-ring (bicyclic) bond motifs is 1. The largest absolute Gasteiger partial charge is 1.00 e. The van der Waals surface area contributed by atoms with Gasteiger partial charge >= 0.3 is 29.6 Å². The zero-order chi connectivity index (χ0) is 15.6. The van der Waals surface area contributed by atoms with E-state index in [0.29, 0.717) is 5.39 Å². The zero-order valence-electron chi connectivity index (χ0n) is 14.9. The van der Waals surface area contributed by atoms with Crippen LogP contribution < -0.4 is 29.6 Å². The fraction of sp³-hybridized carbons (Fsp3) is 0.412. The maximum Gasteiger partial charge on any atom is 1.00 e. The topological polar surface area (TPSA) is 43.4 Å². The minimum absolute atomic E-state index is 0. The van der Waals surface area contributed by atoms with Crippen molar-refractivity contribution in [3.63, 3.8) is 0 Å². The van der Waals surface area contributed by atoms with Crippen molar-refractivity contribution in [1.29, 1.82) is 0 Å². The van der Waals surface area contributed by atoms with Gasteiger partial charge < -0.3 is 1.43 Å². The second kappa shape index (κ2) is 7.93. The first kappa shape index (κ1) is 19.7. The van der Waals surface area contributed by atoms with Gasteiger partial charge in [-0.15, -0.1) is 0 Å². The Morgan fingerprint density at radius 2 is 1.45 bits per heavy atom. The summed E-state index contributed by atoms with van der Waals surface area (Å²) in [6.07, 6.45) is -0.325. The summed E-state index contributed by atoms with van der Waals surface area (Å²) in [7, 11) is -3.78. The number of hydrogen-bond donors (Lipinski definition) is 0. The quantitative estimate of drug-likeness (QED) is 0.614. The molecule has 0 saturated heterocycles. The van der Waals surface area contributed by atoms with Gasteiger partial charge in [0.05, 0.1) is 6.10 Å². The third-order valence-corrected chi connectivity index (χ3v) is 4.94. The van der Waals surface area contributed by atoms with Gasteiger partial charge in [0.1, 0.15) is 4.90 Å². The maximum absolute atomic E-state index is 12.6. The van der Waals surface area contributed by atoms with Gasteiger partial charge in [0.2, 0.25) is 0 Å². The molecular weight excluding hydrogens is 307 g/mol. The normalized spacial score (nSPS) is 12.1. The molecule has 0 fully saturated rings. The van der Waals surface area contributed by atoms with Gasteiger partial charge in [0, 0.05) is 5.39 Å². The third kappa shape index (κ3) is 4.33. The molecule has 3 nitrogen and oxygen atoms in total. The van der Waals surface area contributed by atoms with Crippen molar-refractivity contribution in [3.8, 4) is 0 Å². The predicted octanol–water partition coefficient (Wildman–Crippen LogP) is 1.34. The summed E-state index contributed by atoms with van der Waals surface area (Å²) < 4.78 is 30.8. The van der Waals surface area contributed by atoms with Crippen LogP contribution in [0, 0.1) is 11.8 Å². The van der Waals surface area contributed by atoms with E-state index < -0.39 is 10.1 Å². The zero-order valence-corrected chi connectivity index (χ0v) is 16.7. The molecule has 0 atom stereocenters. The molecule has 0 saturated carbocycles. The van der Waals surface area contributed by atoms with E-state index in [-0.39, 0.29) is 53.8 Å². The van der Waals surface area contributed by atoms with Crippen LogP contribution in [0.5, 0.6) is 0 Å². The molecule has 0 amide bonds. The van der Waals surface area contributed by atoms with Crippen LogP contribution in [0.1, 0.15) is 29.1 Å². The molecule has 0 N–H and O–H groups in total. The minimum atomic E-state index is -3.78. The van der Waals surface area contributed by atoms with Crippen molar-refractivity contribution in [2.24, 2.45) is 11.8 Å². The molecule has 116 valence electrons. The first-order valence-corrected chi connectivity index (χ1v) is 8.65. The molecule has 0 aliphatic rings. The Labute approximate surface area is 157 Å². The molecule has 0 aromatic heterocycles. The van der Waals surface area contributed by atoms with Gasteiger partial charge in [-0.1, -0.05) is 64.1 Å². The number of rotatable bonds is 5. The molecule has 2 aromatic rings. The van der Waals surface area contributed by atoms with Crippen molar-refractivity contribution in [2.45, 2.75) is 38.7 Å². The standard InChI is InChI=1S/C17H22O3S.Na.H/c1-12(2)17(13(3)4)20-21(18,19)16-11-7-9-14-8-5-6-10-15(14)16;;/h5-13,17H,1-4H3;;/q;+1;-1. The van der Waals surface area contributed by atoms with Crippen LogP contribution >= 0.6 is 0 Å². The van der Waals surface area contributed by atoms with E-state index in [1.54, 1.807) is 12.1 Å². The van der Waals surface area contributed by atoms with Crippen LogP contribution in [0.3, 0.4) is 0 Å². The Kier molecular flexibility index (Phi) is 7.09. The fourth-order valence-electron chi connectivity index (χ4n) is 2.60. The van der Waals surface area contributed by atoms with Gasteiger partial charge in [-0.3, -0.25) is 4.18 Å². The second-order valence-corrected chi connectivity index (χ2v) is 7.52. The van der Waals surface area contributed by atoms with Gasteiger partial charge in [-0.25, -0.2) is 0 Å². The molecule has 0 bridgehead atoms. The second-order valence-electron chi connectivity index (χ2n) is 5.98. The van der Waals surface area contributed by atoms with Gasteiger partial charge in [-0.2, -0.15) is 8.42 Å². The summed E-state index contributed by atoms with van der Waals surface area (Å²) in [4.78, 5) is 0.243. The molecule has 0 spiro atoms. The van der Waals surface area contributed by atoms with Crippen molar-refractivity contribution in [1.82, 2.24) is 0 Å². The molecule has 0 heterocycles. The van der Waals surface area contributed by atoms with E-state index >= 15 is 0 Å². The Bertz CT molecular complexity index is 716. The van der Waals surface area contributed by atoms with E-state index in [0.717, 1.165) is 5.39 Å². The van der Waals surface area contributed by atoms with Crippen LogP contribution in [0.2, 0.25) is 0 Å². The summed E-state index contributed by atoms with van der Waals surface area (Å²) in [6.45, 7) is 7.90. The van der Waals surface area contributed by atoms with E-state index in [4.69, 9.17) is 4.18 Å².